The van der Waals surface area contributed by atoms with Crippen LogP contribution in [0.1, 0.15) is 53.0 Å². The molecule has 5 aromatic rings. The number of H-pyrrole nitrogens is 1. The van der Waals surface area contributed by atoms with Crippen LogP contribution >= 0.6 is 0 Å². The second kappa shape index (κ2) is 10.9. The first-order valence-electron chi connectivity index (χ1n) is 12.7. The summed E-state index contributed by atoms with van der Waals surface area (Å²) in [5.41, 5.74) is 6.21. The van der Waals surface area contributed by atoms with Crippen molar-refractivity contribution in [2.45, 2.75) is 52.9 Å². The highest BCUT2D eigenvalue weighted by Gasteiger charge is 2.26. The molecule has 0 aliphatic carbocycles. The Morgan fingerprint density at radius 1 is 0.892 bits per heavy atom. The molecule has 2 aromatic heterocycles. The van der Waals surface area contributed by atoms with Gasteiger partial charge in [-0.3, -0.25) is 9.69 Å². The van der Waals surface area contributed by atoms with Gasteiger partial charge in [-0.05, 0) is 65.4 Å². The van der Waals surface area contributed by atoms with Crippen molar-refractivity contribution in [2.24, 2.45) is 0 Å². The zero-order valence-corrected chi connectivity index (χ0v) is 21.6. The molecule has 188 valence electrons. The molecule has 0 spiro atoms. The number of fused-ring (bicyclic) bond motifs is 1. The van der Waals surface area contributed by atoms with Crippen LogP contribution in [0.25, 0.3) is 10.9 Å². The monoisotopic (exact) mass is 492 g/mol. The molecule has 0 saturated heterocycles. The molecule has 5 rings (SSSR count). The van der Waals surface area contributed by atoms with Gasteiger partial charge in [0, 0.05) is 24.2 Å². The fraction of sp³-hybridized carbons (Fsp3) is 0.267. The van der Waals surface area contributed by atoms with Gasteiger partial charge in [0.05, 0.1) is 12.6 Å². The Hall–Kier alpha value is -4.10. The molecule has 0 amide bonds. The van der Waals surface area contributed by atoms with E-state index in [4.69, 9.17) is 0 Å². The second-order valence-corrected chi connectivity index (χ2v) is 9.71. The first-order valence-corrected chi connectivity index (χ1v) is 12.7. The van der Waals surface area contributed by atoms with Crippen LogP contribution in [0, 0.1) is 13.8 Å². The lowest BCUT2D eigenvalue weighted by Gasteiger charge is -2.30. The predicted molar refractivity (Wildman–Crippen MR) is 146 cm³/mol. The number of aromatic nitrogens is 5. The Balaban J connectivity index is 1.52. The number of hydrogen-bond donors (Lipinski definition) is 1. The molecule has 1 N–H and O–H groups in total. The molecule has 7 nitrogen and oxygen atoms in total. The summed E-state index contributed by atoms with van der Waals surface area (Å²) < 4.78 is 1.87. The first kappa shape index (κ1) is 24.6. The summed E-state index contributed by atoms with van der Waals surface area (Å²) >= 11 is 0. The lowest BCUT2D eigenvalue weighted by atomic mass is 10.1. The zero-order valence-electron chi connectivity index (χ0n) is 21.6. The Morgan fingerprint density at radius 3 is 2.41 bits per heavy atom. The van der Waals surface area contributed by atoms with E-state index in [1.54, 1.807) is 0 Å². The van der Waals surface area contributed by atoms with Crippen LogP contribution in [-0.4, -0.2) is 30.1 Å². The minimum absolute atomic E-state index is 0.0658. The van der Waals surface area contributed by atoms with E-state index in [0.29, 0.717) is 19.6 Å². The Kier molecular flexibility index (Phi) is 7.23. The summed E-state index contributed by atoms with van der Waals surface area (Å²) in [6, 6.07) is 26.8. The molecule has 0 radical (unpaired) electrons. The van der Waals surface area contributed by atoms with E-state index in [2.05, 4.69) is 88.6 Å². The maximum absolute atomic E-state index is 13.1. The molecular weight excluding hydrogens is 460 g/mol. The second-order valence-electron chi connectivity index (χ2n) is 9.71. The van der Waals surface area contributed by atoms with Gasteiger partial charge in [-0.2, -0.15) is 0 Å². The summed E-state index contributed by atoms with van der Waals surface area (Å²) in [5.74, 6) is 0.798. The number of nitrogens with one attached hydrogen (secondary N) is 1. The van der Waals surface area contributed by atoms with Crippen molar-refractivity contribution in [1.82, 2.24) is 30.1 Å². The highest BCUT2D eigenvalue weighted by Crippen LogP contribution is 2.27. The Labute approximate surface area is 216 Å². The molecular formula is C30H32N6O. The van der Waals surface area contributed by atoms with Crippen LogP contribution in [0.5, 0.6) is 0 Å². The molecule has 2 heterocycles. The van der Waals surface area contributed by atoms with E-state index < -0.39 is 0 Å². The standard InChI is InChI=1S/C30H32N6O/c1-4-28(29-32-33-34-36(29)19-23-8-6-5-7-9-23)35(18-24-13-10-21(2)11-14-24)20-26-17-25-16-22(3)12-15-27(25)31-30(26)37/h5-17,28H,4,18-20H2,1-3H3,(H,31,37). The molecule has 37 heavy (non-hydrogen) atoms. The maximum atomic E-state index is 13.1. The quantitative estimate of drug-likeness (QED) is 0.301. The topological polar surface area (TPSA) is 79.7 Å². The number of tetrazole rings is 1. The van der Waals surface area contributed by atoms with E-state index in [9.17, 15) is 4.79 Å². The smallest absolute Gasteiger partial charge is 0.252 e. The summed E-state index contributed by atoms with van der Waals surface area (Å²) in [6.07, 6.45) is 0.797. The van der Waals surface area contributed by atoms with Gasteiger partial charge in [-0.1, -0.05) is 78.7 Å². The van der Waals surface area contributed by atoms with Gasteiger partial charge < -0.3 is 4.98 Å². The van der Waals surface area contributed by atoms with Crippen molar-refractivity contribution in [1.29, 1.82) is 0 Å². The first-order chi connectivity index (χ1) is 18.0. The maximum Gasteiger partial charge on any atom is 0.252 e. The number of aromatic amines is 1. The van der Waals surface area contributed by atoms with Crippen LogP contribution < -0.4 is 5.56 Å². The van der Waals surface area contributed by atoms with Crippen molar-refractivity contribution in [3.63, 3.8) is 0 Å². The van der Waals surface area contributed by atoms with Crippen molar-refractivity contribution in [3.8, 4) is 0 Å². The van der Waals surface area contributed by atoms with Crippen LogP contribution in [0.4, 0.5) is 0 Å². The fourth-order valence-corrected chi connectivity index (χ4v) is 4.84. The van der Waals surface area contributed by atoms with Crippen LogP contribution in [0.3, 0.4) is 0 Å². The zero-order chi connectivity index (χ0) is 25.8. The van der Waals surface area contributed by atoms with Gasteiger partial charge in [0.15, 0.2) is 5.82 Å². The minimum Gasteiger partial charge on any atom is -0.322 e. The average Bonchev–Trinajstić information content (AvgIpc) is 3.34. The molecule has 7 heteroatoms. The molecule has 0 aliphatic heterocycles. The third-order valence-electron chi connectivity index (χ3n) is 6.82. The van der Waals surface area contributed by atoms with Gasteiger partial charge in [0.1, 0.15) is 0 Å². The van der Waals surface area contributed by atoms with Crippen molar-refractivity contribution in [2.75, 3.05) is 0 Å². The van der Waals surface area contributed by atoms with E-state index >= 15 is 0 Å². The third kappa shape index (κ3) is 5.67. The van der Waals surface area contributed by atoms with Gasteiger partial charge in [0.2, 0.25) is 0 Å². The number of pyridine rings is 1. The van der Waals surface area contributed by atoms with Crippen molar-refractivity contribution < 1.29 is 0 Å². The molecule has 0 aliphatic rings. The largest absolute Gasteiger partial charge is 0.322 e. The van der Waals surface area contributed by atoms with Crippen LogP contribution in [-0.2, 0) is 19.6 Å². The molecule has 0 saturated carbocycles. The highest BCUT2D eigenvalue weighted by molar-refractivity contribution is 5.79. The highest BCUT2D eigenvalue weighted by atomic mass is 16.1. The van der Waals surface area contributed by atoms with Crippen LogP contribution in [0.15, 0.2) is 83.7 Å². The van der Waals surface area contributed by atoms with Gasteiger partial charge >= 0.3 is 0 Å². The lowest BCUT2D eigenvalue weighted by Crippen LogP contribution is -2.32. The normalized spacial score (nSPS) is 12.3. The fourth-order valence-electron chi connectivity index (χ4n) is 4.84. The van der Waals surface area contributed by atoms with E-state index in [-0.39, 0.29) is 11.6 Å². The van der Waals surface area contributed by atoms with Crippen molar-refractivity contribution in [3.05, 3.63) is 123 Å². The van der Waals surface area contributed by atoms with Gasteiger partial charge in [0.25, 0.3) is 5.56 Å². The van der Waals surface area contributed by atoms with E-state index in [1.807, 2.05) is 41.1 Å². The number of benzene rings is 3. The molecule has 1 unspecified atom stereocenters. The van der Waals surface area contributed by atoms with Crippen molar-refractivity contribution >= 4 is 10.9 Å². The molecule has 1 atom stereocenters. The SMILES string of the molecule is CCC(c1nnnn1Cc1ccccc1)N(Cc1ccc(C)cc1)Cc1cc2cc(C)ccc2[nH]c1=O. The van der Waals surface area contributed by atoms with E-state index in [1.165, 1.54) is 11.1 Å². The van der Waals surface area contributed by atoms with E-state index in [0.717, 1.165) is 39.8 Å². The summed E-state index contributed by atoms with van der Waals surface area (Å²) in [7, 11) is 0. The Morgan fingerprint density at radius 2 is 1.65 bits per heavy atom. The summed E-state index contributed by atoms with van der Waals surface area (Å²) in [6.45, 7) is 8.03. The minimum atomic E-state index is -0.0763. The van der Waals surface area contributed by atoms with Gasteiger partial charge in [-0.15, -0.1) is 5.10 Å². The lowest BCUT2D eigenvalue weighted by molar-refractivity contribution is 0.161. The third-order valence-corrected chi connectivity index (χ3v) is 6.82. The molecule has 0 fully saturated rings. The summed E-state index contributed by atoms with van der Waals surface area (Å²) in [5, 5.41) is 13.8. The molecule has 0 bridgehead atoms. The summed E-state index contributed by atoms with van der Waals surface area (Å²) in [4.78, 5) is 18.5. The molecule has 3 aromatic carbocycles. The number of hydrogen-bond acceptors (Lipinski definition) is 5. The van der Waals surface area contributed by atoms with Gasteiger partial charge in [-0.25, -0.2) is 4.68 Å². The predicted octanol–water partition coefficient (Wildman–Crippen LogP) is 5.33. The number of nitrogens with zero attached hydrogens (tertiary/aromatic N) is 5. The van der Waals surface area contributed by atoms with Crippen LogP contribution in [0.2, 0.25) is 0 Å². The Bertz CT molecular complexity index is 1540. The average molecular weight is 493 g/mol. The number of aryl methyl sites for hydroxylation is 2. The number of rotatable bonds is 9.